The van der Waals surface area contributed by atoms with E-state index >= 15 is 4.39 Å². The number of carbonyl (C=O) groups is 2. The molecule has 0 spiro atoms. The van der Waals surface area contributed by atoms with Crippen LogP contribution in [0.15, 0.2) is 18.3 Å². The van der Waals surface area contributed by atoms with Crippen molar-refractivity contribution >= 4 is 35.7 Å². The van der Waals surface area contributed by atoms with Crippen molar-refractivity contribution in [3.05, 3.63) is 45.5 Å². The van der Waals surface area contributed by atoms with Crippen LogP contribution in [0.2, 0.25) is 0 Å². The number of aliphatic hydroxyl groups is 1. The highest BCUT2D eigenvalue weighted by Gasteiger charge is 2.41. The third kappa shape index (κ3) is 4.39. The number of ether oxygens (including phenoxy) is 1. The second-order valence-electron chi connectivity index (χ2n) is 7.65. The Kier molecular flexibility index (Phi) is 6.86. The van der Waals surface area contributed by atoms with Gasteiger partial charge in [0.05, 0.1) is 22.7 Å². The molecule has 1 N–H and O–H groups in total. The van der Waals surface area contributed by atoms with Crippen LogP contribution in [0.3, 0.4) is 0 Å². The van der Waals surface area contributed by atoms with E-state index in [0.29, 0.717) is 30.1 Å². The van der Waals surface area contributed by atoms with E-state index in [-0.39, 0.29) is 44.2 Å². The molecule has 0 aliphatic carbocycles. The van der Waals surface area contributed by atoms with Crippen molar-refractivity contribution in [1.29, 1.82) is 0 Å². The predicted molar refractivity (Wildman–Crippen MR) is 111 cm³/mol. The largest absolute Gasteiger partial charge is 0.457 e. The first kappa shape index (κ1) is 22.7. The van der Waals surface area contributed by atoms with Crippen LogP contribution in [-0.4, -0.2) is 56.6 Å². The Morgan fingerprint density at radius 1 is 1.40 bits per heavy atom. The number of hydrogen-bond acceptors (Lipinski definition) is 8. The lowest BCUT2D eigenvalue weighted by Gasteiger charge is -2.36. The van der Waals surface area contributed by atoms with Gasteiger partial charge in [0.15, 0.2) is 11.5 Å². The Bertz CT molecular complexity index is 932. The Labute approximate surface area is 183 Å². The van der Waals surface area contributed by atoms with Crippen LogP contribution in [0.5, 0.6) is 0 Å². The zero-order valence-corrected chi connectivity index (χ0v) is 18.1. The van der Waals surface area contributed by atoms with Gasteiger partial charge < -0.3 is 14.7 Å². The van der Waals surface area contributed by atoms with E-state index in [0.717, 1.165) is 28.2 Å². The fraction of sp³-hybridized carbons (Fsp3) is 0.500. The summed E-state index contributed by atoms with van der Waals surface area (Å²) >= 11 is 1.11. The van der Waals surface area contributed by atoms with Gasteiger partial charge in [-0.2, -0.15) is 0 Å². The number of halogens is 2. The zero-order valence-electron chi connectivity index (χ0n) is 16.5. The van der Waals surface area contributed by atoms with E-state index in [1.54, 1.807) is 12.1 Å². The first-order valence-corrected chi connectivity index (χ1v) is 10.3. The summed E-state index contributed by atoms with van der Waals surface area (Å²) in [6.45, 7) is 3.23. The number of alkyl halides is 1. The minimum Gasteiger partial charge on any atom is -0.457 e. The molecule has 2 aliphatic rings. The van der Waals surface area contributed by atoms with Crippen LogP contribution in [-0.2, 0) is 22.6 Å². The van der Waals surface area contributed by atoms with Crippen molar-refractivity contribution in [3.8, 4) is 0 Å². The molecule has 0 radical (unpaired) electrons. The van der Waals surface area contributed by atoms with Crippen LogP contribution in [0.25, 0.3) is 0 Å². The van der Waals surface area contributed by atoms with Crippen LogP contribution < -0.4 is 0 Å². The smallest absolute Gasteiger partial charge is 0.338 e. The average Bonchev–Trinajstić information content (AvgIpc) is 3.34. The summed E-state index contributed by atoms with van der Waals surface area (Å²) in [6, 6.07) is 3.44. The van der Waals surface area contributed by atoms with E-state index in [9.17, 15) is 14.7 Å². The summed E-state index contributed by atoms with van der Waals surface area (Å²) in [5.41, 5.74) is 1.12. The maximum atomic E-state index is 15.1. The number of nitrogens with zero attached hydrogens (tertiary/aromatic N) is 3. The van der Waals surface area contributed by atoms with Crippen molar-refractivity contribution in [3.63, 3.8) is 0 Å². The van der Waals surface area contributed by atoms with Gasteiger partial charge in [-0.3, -0.25) is 4.79 Å². The number of benzene rings is 1. The summed E-state index contributed by atoms with van der Waals surface area (Å²) in [5, 5.41) is 14.4. The molecule has 1 fully saturated rings. The van der Waals surface area contributed by atoms with Gasteiger partial charge in [-0.1, -0.05) is 10.6 Å². The van der Waals surface area contributed by atoms with Crippen molar-refractivity contribution in [2.75, 3.05) is 19.6 Å². The molecule has 4 rings (SSSR count). The monoisotopic (exact) mass is 455 g/mol. The number of fused-ring (bicyclic) bond motifs is 1. The Morgan fingerprint density at radius 3 is 2.80 bits per heavy atom. The SMILES string of the molecule is Cc1c([C@@H](O)CN2CCC(F)(C(=O)Cc3cnns3)CC2)ccc2c1COC2=O.Cl. The molecule has 0 amide bonds. The summed E-state index contributed by atoms with van der Waals surface area (Å²) in [4.78, 5) is 26.7. The minimum atomic E-state index is -1.84. The first-order chi connectivity index (χ1) is 13.9. The third-order valence-corrected chi connectivity index (χ3v) is 6.55. The first-order valence-electron chi connectivity index (χ1n) is 9.56. The molecule has 1 saturated heterocycles. The standard InChI is InChI=1S/C20H22FN3O4S.ClH/c1-12-14(2-3-15-16(12)11-28-19(15)27)17(25)10-24-6-4-20(21,5-7-24)18(26)8-13-9-22-23-29-13;/h2-3,9,17,25H,4-8,10-11H2,1H3;1H/t17-;/m0./s1. The fourth-order valence-corrected chi connectivity index (χ4v) is 4.51. The molecule has 1 aromatic carbocycles. The molecule has 0 saturated carbocycles. The summed E-state index contributed by atoms with van der Waals surface area (Å²) in [5.74, 6) is -0.763. The number of hydrogen-bond donors (Lipinski definition) is 1. The van der Waals surface area contributed by atoms with Crippen LogP contribution in [0.1, 0.15) is 50.9 Å². The lowest BCUT2D eigenvalue weighted by Crippen LogP contribution is -2.47. The van der Waals surface area contributed by atoms with Gasteiger partial charge in [-0.05, 0) is 35.6 Å². The van der Waals surface area contributed by atoms with Crippen molar-refractivity contribution in [2.45, 2.75) is 44.6 Å². The van der Waals surface area contributed by atoms with Gasteiger partial charge in [0, 0.05) is 44.5 Å². The summed E-state index contributed by atoms with van der Waals surface area (Å²) in [6.07, 6.45) is 0.968. The van der Waals surface area contributed by atoms with Gasteiger partial charge in [-0.25, -0.2) is 9.18 Å². The number of β-amino-alcohol motifs (C(OH)–C–C–N with tert-alkyl or cyclic N) is 1. The maximum absolute atomic E-state index is 15.1. The molecule has 3 heterocycles. The topological polar surface area (TPSA) is 92.6 Å². The number of Topliss-reactive ketones (excluding diaryl/α,β-unsaturated/α-hetero) is 1. The number of piperidine rings is 1. The zero-order chi connectivity index (χ0) is 20.6. The van der Waals surface area contributed by atoms with Crippen LogP contribution in [0.4, 0.5) is 4.39 Å². The normalized spacial score (nSPS) is 19.0. The molecule has 2 aromatic rings. The van der Waals surface area contributed by atoms with Gasteiger partial charge >= 0.3 is 5.97 Å². The molecule has 10 heteroatoms. The lowest BCUT2D eigenvalue weighted by atomic mass is 9.87. The highest BCUT2D eigenvalue weighted by atomic mass is 35.5. The molecular weight excluding hydrogens is 433 g/mol. The van der Waals surface area contributed by atoms with Gasteiger partial charge in [-0.15, -0.1) is 17.5 Å². The van der Waals surface area contributed by atoms with E-state index in [1.165, 1.54) is 6.20 Å². The molecule has 1 aromatic heterocycles. The number of aromatic nitrogens is 2. The lowest BCUT2D eigenvalue weighted by molar-refractivity contribution is -0.133. The molecular formula is C20H23ClFN3O4S. The Morgan fingerprint density at radius 2 is 2.13 bits per heavy atom. The van der Waals surface area contributed by atoms with Crippen molar-refractivity contribution in [2.24, 2.45) is 0 Å². The maximum Gasteiger partial charge on any atom is 0.338 e. The highest BCUT2D eigenvalue weighted by Crippen LogP contribution is 2.32. The van der Waals surface area contributed by atoms with E-state index in [2.05, 4.69) is 9.59 Å². The third-order valence-electron chi connectivity index (χ3n) is 5.89. The summed E-state index contributed by atoms with van der Waals surface area (Å²) < 4.78 is 23.9. The van der Waals surface area contributed by atoms with E-state index < -0.39 is 17.6 Å². The average molecular weight is 456 g/mol. The number of cyclic esters (lactones) is 1. The molecule has 30 heavy (non-hydrogen) atoms. The number of carbonyl (C=O) groups excluding carboxylic acids is 2. The van der Waals surface area contributed by atoms with E-state index in [4.69, 9.17) is 4.74 Å². The molecule has 7 nitrogen and oxygen atoms in total. The van der Waals surface area contributed by atoms with Gasteiger partial charge in [0.2, 0.25) is 0 Å². The Hall–Kier alpha value is -1.94. The fourth-order valence-electron chi connectivity index (χ4n) is 4.02. The molecule has 2 aliphatic heterocycles. The predicted octanol–water partition coefficient (Wildman–Crippen LogP) is 2.59. The van der Waals surface area contributed by atoms with Crippen molar-refractivity contribution in [1.82, 2.24) is 14.5 Å². The second kappa shape index (κ2) is 9.05. The number of aliphatic hydroxyl groups excluding tert-OH is 1. The van der Waals surface area contributed by atoms with Gasteiger partial charge in [0.1, 0.15) is 6.61 Å². The second-order valence-corrected chi connectivity index (χ2v) is 8.52. The van der Waals surface area contributed by atoms with Gasteiger partial charge in [0.25, 0.3) is 0 Å². The van der Waals surface area contributed by atoms with Crippen LogP contribution >= 0.6 is 23.9 Å². The summed E-state index contributed by atoms with van der Waals surface area (Å²) in [7, 11) is 0. The highest BCUT2D eigenvalue weighted by molar-refractivity contribution is 7.05. The molecule has 1 atom stereocenters. The molecule has 162 valence electrons. The quantitative estimate of drug-likeness (QED) is 0.669. The number of likely N-dealkylation sites (tertiary alicyclic amines) is 1. The molecule has 0 bridgehead atoms. The van der Waals surface area contributed by atoms with Crippen molar-refractivity contribution < 1.29 is 23.8 Å². The van der Waals surface area contributed by atoms with E-state index in [1.807, 2.05) is 11.8 Å². The van der Waals surface area contributed by atoms with Crippen LogP contribution in [0, 0.1) is 6.92 Å². The number of ketones is 1. The Balaban J connectivity index is 0.00000256. The molecule has 0 unspecified atom stereocenters. The minimum absolute atomic E-state index is 0. The number of esters is 1. The number of rotatable bonds is 6.